The van der Waals surface area contributed by atoms with Gasteiger partial charge in [-0.25, -0.2) is 19.2 Å². The minimum atomic E-state index is -4.48. The standard InChI is InChI=1S/C26H27F4N5O/c1-3-23-22(15-18-6-4-8-20(27)14-18)24(32-17(2)31-23)34-10-12-35(13-11-34)25(36)33-21-9-5-7-19(16-21)26(28,29)30/h4-9,14,16H,3,10-13,15H2,1-2H3,(H,33,36). The Morgan fingerprint density at radius 2 is 1.75 bits per heavy atom. The van der Waals surface area contributed by atoms with Gasteiger partial charge in [-0.15, -0.1) is 0 Å². The van der Waals surface area contributed by atoms with Gasteiger partial charge in [-0.3, -0.25) is 0 Å². The number of carbonyl (C=O) groups excluding carboxylic acids is 1. The molecule has 0 radical (unpaired) electrons. The highest BCUT2D eigenvalue weighted by atomic mass is 19.4. The van der Waals surface area contributed by atoms with Gasteiger partial charge in [0.1, 0.15) is 17.5 Å². The number of halogens is 4. The van der Waals surface area contributed by atoms with Crippen molar-refractivity contribution < 1.29 is 22.4 Å². The highest BCUT2D eigenvalue weighted by molar-refractivity contribution is 5.89. The molecule has 1 aliphatic heterocycles. The molecule has 190 valence electrons. The molecule has 36 heavy (non-hydrogen) atoms. The number of carbonyl (C=O) groups is 1. The number of urea groups is 1. The van der Waals surface area contributed by atoms with Crippen LogP contribution in [0.4, 0.5) is 33.9 Å². The molecule has 1 fully saturated rings. The van der Waals surface area contributed by atoms with Crippen molar-refractivity contribution in [3.63, 3.8) is 0 Å². The van der Waals surface area contributed by atoms with Gasteiger partial charge in [-0.1, -0.05) is 25.1 Å². The van der Waals surface area contributed by atoms with Crippen molar-refractivity contribution in [2.75, 3.05) is 36.4 Å². The van der Waals surface area contributed by atoms with Crippen molar-refractivity contribution >= 4 is 17.5 Å². The number of piperazine rings is 1. The molecule has 1 aromatic heterocycles. The lowest BCUT2D eigenvalue weighted by atomic mass is 10.0. The number of benzene rings is 2. The number of hydrogen-bond donors (Lipinski definition) is 1. The number of hydrogen-bond acceptors (Lipinski definition) is 4. The Labute approximate surface area is 207 Å². The average Bonchev–Trinajstić information content (AvgIpc) is 2.84. The van der Waals surface area contributed by atoms with Crippen LogP contribution in [0.25, 0.3) is 0 Å². The van der Waals surface area contributed by atoms with Gasteiger partial charge in [0.25, 0.3) is 0 Å². The molecule has 1 aliphatic rings. The Morgan fingerprint density at radius 1 is 1.03 bits per heavy atom. The van der Waals surface area contributed by atoms with Crippen LogP contribution in [0.1, 0.15) is 35.1 Å². The summed E-state index contributed by atoms with van der Waals surface area (Å²) in [6, 6.07) is 10.6. The van der Waals surface area contributed by atoms with Crippen LogP contribution < -0.4 is 10.2 Å². The zero-order valence-electron chi connectivity index (χ0n) is 20.1. The number of anilines is 2. The third-order valence-corrected chi connectivity index (χ3v) is 6.10. The van der Waals surface area contributed by atoms with Crippen molar-refractivity contribution in [1.29, 1.82) is 0 Å². The normalized spacial score (nSPS) is 14.2. The Bertz CT molecular complexity index is 1240. The van der Waals surface area contributed by atoms with Gasteiger partial charge in [-0.05, 0) is 49.2 Å². The second-order valence-electron chi connectivity index (χ2n) is 8.66. The van der Waals surface area contributed by atoms with Crippen LogP contribution in [0.2, 0.25) is 0 Å². The zero-order chi connectivity index (χ0) is 25.9. The lowest BCUT2D eigenvalue weighted by molar-refractivity contribution is -0.137. The fourth-order valence-electron chi connectivity index (χ4n) is 4.32. The maximum absolute atomic E-state index is 13.8. The first-order valence-corrected chi connectivity index (χ1v) is 11.7. The summed E-state index contributed by atoms with van der Waals surface area (Å²) < 4.78 is 52.7. The summed E-state index contributed by atoms with van der Waals surface area (Å²) in [7, 11) is 0. The van der Waals surface area contributed by atoms with Crippen LogP contribution in [-0.2, 0) is 19.0 Å². The predicted octanol–water partition coefficient (Wildman–Crippen LogP) is 5.45. The summed E-state index contributed by atoms with van der Waals surface area (Å²) in [4.78, 5) is 25.7. The molecule has 0 spiro atoms. The molecule has 1 saturated heterocycles. The SMILES string of the molecule is CCc1nc(C)nc(N2CCN(C(=O)Nc3cccc(C(F)(F)F)c3)CC2)c1Cc1cccc(F)c1. The van der Waals surface area contributed by atoms with E-state index >= 15 is 0 Å². The Balaban J connectivity index is 1.48. The summed E-state index contributed by atoms with van der Waals surface area (Å²) in [6.45, 7) is 5.56. The second kappa shape index (κ2) is 10.5. The monoisotopic (exact) mass is 501 g/mol. The molecule has 1 N–H and O–H groups in total. The fourth-order valence-corrected chi connectivity index (χ4v) is 4.32. The molecule has 0 saturated carbocycles. The lowest BCUT2D eigenvalue weighted by Crippen LogP contribution is -2.50. The number of nitrogens with one attached hydrogen (secondary N) is 1. The molecule has 2 heterocycles. The number of nitrogens with zero attached hydrogens (tertiary/aromatic N) is 4. The van der Waals surface area contributed by atoms with Gasteiger partial charge < -0.3 is 15.1 Å². The lowest BCUT2D eigenvalue weighted by Gasteiger charge is -2.36. The Morgan fingerprint density at radius 3 is 2.42 bits per heavy atom. The van der Waals surface area contributed by atoms with Crippen LogP contribution in [0.5, 0.6) is 0 Å². The largest absolute Gasteiger partial charge is 0.416 e. The average molecular weight is 502 g/mol. The van der Waals surface area contributed by atoms with Crippen LogP contribution >= 0.6 is 0 Å². The van der Waals surface area contributed by atoms with E-state index in [9.17, 15) is 22.4 Å². The number of aryl methyl sites for hydroxylation is 2. The van der Waals surface area contributed by atoms with E-state index in [0.29, 0.717) is 44.8 Å². The minimum Gasteiger partial charge on any atom is -0.353 e. The van der Waals surface area contributed by atoms with Crippen LogP contribution in [-0.4, -0.2) is 47.1 Å². The van der Waals surface area contributed by atoms with Crippen molar-refractivity contribution in [3.05, 3.63) is 82.6 Å². The molecule has 0 bridgehead atoms. The van der Waals surface area contributed by atoms with E-state index in [1.54, 1.807) is 11.0 Å². The van der Waals surface area contributed by atoms with Gasteiger partial charge in [-0.2, -0.15) is 13.2 Å². The fraction of sp³-hybridized carbons (Fsp3) is 0.346. The van der Waals surface area contributed by atoms with Crippen molar-refractivity contribution in [3.8, 4) is 0 Å². The van der Waals surface area contributed by atoms with E-state index in [0.717, 1.165) is 34.8 Å². The van der Waals surface area contributed by atoms with E-state index < -0.39 is 17.8 Å². The van der Waals surface area contributed by atoms with Crippen LogP contribution in [0.15, 0.2) is 48.5 Å². The first kappa shape index (κ1) is 25.4. The first-order chi connectivity index (χ1) is 17.1. The maximum Gasteiger partial charge on any atom is 0.416 e. The summed E-state index contributed by atoms with van der Waals surface area (Å²) in [5.41, 5.74) is 1.91. The quantitative estimate of drug-likeness (QED) is 0.473. The smallest absolute Gasteiger partial charge is 0.353 e. The first-order valence-electron chi connectivity index (χ1n) is 11.7. The highest BCUT2D eigenvalue weighted by Crippen LogP contribution is 2.31. The van der Waals surface area contributed by atoms with Crippen molar-refractivity contribution in [2.24, 2.45) is 0 Å². The number of alkyl halides is 3. The van der Waals surface area contributed by atoms with E-state index in [1.165, 1.54) is 24.3 Å². The van der Waals surface area contributed by atoms with E-state index in [2.05, 4.69) is 20.2 Å². The summed E-state index contributed by atoms with van der Waals surface area (Å²) in [5.74, 6) is 1.09. The maximum atomic E-state index is 13.8. The molecule has 2 amide bonds. The molecular formula is C26H27F4N5O. The number of rotatable bonds is 5. The van der Waals surface area contributed by atoms with E-state index in [-0.39, 0.29) is 11.5 Å². The molecule has 0 unspecified atom stereocenters. The molecule has 0 atom stereocenters. The van der Waals surface area contributed by atoms with Crippen molar-refractivity contribution in [1.82, 2.24) is 14.9 Å². The van der Waals surface area contributed by atoms with Gasteiger partial charge >= 0.3 is 12.2 Å². The van der Waals surface area contributed by atoms with Crippen molar-refractivity contribution in [2.45, 2.75) is 32.9 Å². The van der Waals surface area contributed by atoms with Gasteiger partial charge in [0, 0.05) is 49.5 Å². The highest BCUT2D eigenvalue weighted by Gasteiger charge is 2.31. The predicted molar refractivity (Wildman–Crippen MR) is 130 cm³/mol. The second-order valence-corrected chi connectivity index (χ2v) is 8.66. The van der Waals surface area contributed by atoms with Crippen LogP contribution in [0, 0.1) is 12.7 Å². The molecule has 0 aliphatic carbocycles. The van der Waals surface area contributed by atoms with Gasteiger partial charge in [0.05, 0.1) is 5.56 Å². The number of amides is 2. The Kier molecular flexibility index (Phi) is 7.42. The topological polar surface area (TPSA) is 61.4 Å². The minimum absolute atomic E-state index is 0.0913. The van der Waals surface area contributed by atoms with E-state index in [1.807, 2.05) is 19.9 Å². The van der Waals surface area contributed by atoms with Crippen LogP contribution in [0.3, 0.4) is 0 Å². The van der Waals surface area contributed by atoms with Gasteiger partial charge in [0.2, 0.25) is 0 Å². The molecule has 3 aromatic rings. The summed E-state index contributed by atoms with van der Waals surface area (Å²) >= 11 is 0. The molecule has 6 nitrogen and oxygen atoms in total. The summed E-state index contributed by atoms with van der Waals surface area (Å²) in [5, 5.41) is 2.56. The number of aromatic nitrogens is 2. The van der Waals surface area contributed by atoms with E-state index in [4.69, 9.17) is 0 Å². The zero-order valence-corrected chi connectivity index (χ0v) is 20.1. The molecular weight excluding hydrogens is 474 g/mol. The molecule has 4 rings (SSSR count). The molecule has 2 aromatic carbocycles. The summed E-state index contributed by atoms with van der Waals surface area (Å²) in [6.07, 6.45) is -3.31. The third kappa shape index (κ3) is 5.92. The Hall–Kier alpha value is -3.69. The molecule has 10 heteroatoms. The third-order valence-electron chi connectivity index (χ3n) is 6.10. The van der Waals surface area contributed by atoms with Gasteiger partial charge in [0.15, 0.2) is 0 Å².